The molecule has 0 aliphatic heterocycles. The lowest BCUT2D eigenvalue weighted by molar-refractivity contribution is -0.146. The monoisotopic (exact) mass is 256 g/mol. The quantitative estimate of drug-likeness (QED) is 0.718. The third kappa shape index (κ3) is 5.73. The molecule has 1 unspecified atom stereocenters. The number of alkyl halides is 3. The number of halogens is 3. The molecule has 0 heterocycles. The highest BCUT2D eigenvalue weighted by Crippen LogP contribution is 2.30. The first-order valence-electron chi connectivity index (χ1n) is 6.20. The molecular weight excluding hydrogens is 233 g/mol. The predicted octanol–water partition coefficient (Wildman–Crippen LogP) is 3.68. The smallest absolute Gasteiger partial charge is 0.389 e. The van der Waals surface area contributed by atoms with Gasteiger partial charge in [0.25, 0.3) is 0 Å². The second-order valence-corrected chi connectivity index (χ2v) is 4.23. The summed E-state index contributed by atoms with van der Waals surface area (Å²) in [7, 11) is 0. The van der Waals surface area contributed by atoms with Gasteiger partial charge in [0, 0.05) is 13.0 Å². The van der Waals surface area contributed by atoms with E-state index in [9.17, 15) is 18.3 Å². The van der Waals surface area contributed by atoms with Crippen LogP contribution in [0.15, 0.2) is 0 Å². The molecule has 0 aromatic carbocycles. The van der Waals surface area contributed by atoms with Gasteiger partial charge in [-0.1, -0.05) is 13.8 Å². The molecule has 0 spiro atoms. The van der Waals surface area contributed by atoms with Gasteiger partial charge < -0.3 is 9.84 Å². The number of aliphatic hydroxyl groups is 1. The van der Waals surface area contributed by atoms with Gasteiger partial charge in [0.2, 0.25) is 0 Å². The fourth-order valence-corrected chi connectivity index (χ4v) is 2.07. The predicted molar refractivity (Wildman–Crippen MR) is 60.9 cm³/mol. The van der Waals surface area contributed by atoms with Crippen molar-refractivity contribution in [1.82, 2.24) is 0 Å². The van der Waals surface area contributed by atoms with Crippen LogP contribution in [0.25, 0.3) is 0 Å². The third-order valence-corrected chi connectivity index (χ3v) is 3.17. The molecule has 5 heteroatoms. The Balaban J connectivity index is 4.28. The van der Waals surface area contributed by atoms with Crippen molar-refractivity contribution in [3.8, 4) is 0 Å². The number of ether oxygens (including phenoxy) is 1. The van der Waals surface area contributed by atoms with Crippen LogP contribution in [0.3, 0.4) is 0 Å². The molecule has 0 aromatic rings. The minimum Gasteiger partial charge on any atom is -0.390 e. The maximum absolute atomic E-state index is 12.0. The molecule has 0 fully saturated rings. The Morgan fingerprint density at radius 3 is 2.00 bits per heavy atom. The van der Waals surface area contributed by atoms with Crippen molar-refractivity contribution in [3.63, 3.8) is 0 Å². The molecule has 0 amide bonds. The maximum Gasteiger partial charge on any atom is 0.389 e. The number of hydrogen-bond acceptors (Lipinski definition) is 2. The van der Waals surface area contributed by atoms with Gasteiger partial charge in [-0.2, -0.15) is 13.2 Å². The zero-order valence-corrected chi connectivity index (χ0v) is 10.8. The van der Waals surface area contributed by atoms with Crippen molar-refractivity contribution in [2.24, 2.45) is 0 Å². The zero-order chi connectivity index (χ0) is 13.5. The van der Waals surface area contributed by atoms with E-state index in [0.29, 0.717) is 19.4 Å². The standard InChI is InChI=1S/C12H23F3O2/c1-4-11(5-2,17-6-3)10(16)8-7-9-12(13,14)15/h10,16H,4-9H2,1-3H3. The van der Waals surface area contributed by atoms with Gasteiger partial charge in [-0.15, -0.1) is 0 Å². The van der Waals surface area contributed by atoms with Crippen LogP contribution < -0.4 is 0 Å². The Bertz CT molecular complexity index is 200. The number of aliphatic hydroxyl groups excluding tert-OH is 1. The Morgan fingerprint density at radius 1 is 1.12 bits per heavy atom. The van der Waals surface area contributed by atoms with Gasteiger partial charge in [-0.3, -0.25) is 0 Å². The van der Waals surface area contributed by atoms with E-state index in [2.05, 4.69) is 0 Å². The van der Waals surface area contributed by atoms with E-state index in [4.69, 9.17) is 4.74 Å². The van der Waals surface area contributed by atoms with E-state index in [0.717, 1.165) is 0 Å². The third-order valence-electron chi connectivity index (χ3n) is 3.17. The van der Waals surface area contributed by atoms with Gasteiger partial charge in [0.15, 0.2) is 0 Å². The Kier molecular flexibility index (Phi) is 7.09. The fourth-order valence-electron chi connectivity index (χ4n) is 2.07. The zero-order valence-electron chi connectivity index (χ0n) is 10.8. The summed E-state index contributed by atoms with van der Waals surface area (Å²) in [5.41, 5.74) is -0.694. The van der Waals surface area contributed by atoms with Crippen LogP contribution in [0.2, 0.25) is 0 Å². The molecule has 0 saturated carbocycles. The van der Waals surface area contributed by atoms with E-state index in [1.807, 2.05) is 20.8 Å². The molecule has 0 rings (SSSR count). The van der Waals surface area contributed by atoms with Gasteiger partial charge in [-0.05, 0) is 32.6 Å². The van der Waals surface area contributed by atoms with E-state index >= 15 is 0 Å². The highest BCUT2D eigenvalue weighted by atomic mass is 19.4. The Hall–Kier alpha value is -0.290. The molecule has 1 N–H and O–H groups in total. The molecule has 0 bridgehead atoms. The molecule has 0 radical (unpaired) electrons. The topological polar surface area (TPSA) is 29.5 Å². The number of rotatable bonds is 8. The van der Waals surface area contributed by atoms with Crippen molar-refractivity contribution in [3.05, 3.63) is 0 Å². The molecule has 0 aliphatic carbocycles. The van der Waals surface area contributed by atoms with Gasteiger partial charge in [0.1, 0.15) is 0 Å². The highest BCUT2D eigenvalue weighted by Gasteiger charge is 2.36. The highest BCUT2D eigenvalue weighted by molar-refractivity contribution is 4.86. The van der Waals surface area contributed by atoms with Crippen molar-refractivity contribution in [1.29, 1.82) is 0 Å². The molecule has 104 valence electrons. The fraction of sp³-hybridized carbons (Fsp3) is 1.00. The van der Waals surface area contributed by atoms with Crippen LogP contribution in [0, 0.1) is 0 Å². The van der Waals surface area contributed by atoms with Gasteiger partial charge in [-0.25, -0.2) is 0 Å². The number of hydrogen-bond donors (Lipinski definition) is 1. The van der Waals surface area contributed by atoms with Gasteiger partial charge >= 0.3 is 6.18 Å². The lowest BCUT2D eigenvalue weighted by Gasteiger charge is -2.36. The Morgan fingerprint density at radius 2 is 1.65 bits per heavy atom. The lowest BCUT2D eigenvalue weighted by atomic mass is 9.87. The van der Waals surface area contributed by atoms with E-state index in [-0.39, 0.29) is 12.8 Å². The molecule has 0 aliphatic rings. The summed E-state index contributed by atoms with van der Waals surface area (Å²) in [6, 6.07) is 0. The normalized spacial score (nSPS) is 15.0. The second-order valence-electron chi connectivity index (χ2n) is 4.23. The summed E-state index contributed by atoms with van der Waals surface area (Å²) in [5.74, 6) is 0. The molecular formula is C12H23F3O2. The van der Waals surface area contributed by atoms with Crippen LogP contribution in [-0.2, 0) is 4.74 Å². The average molecular weight is 256 g/mol. The molecule has 1 atom stereocenters. The maximum atomic E-state index is 12.0. The van der Waals surface area contributed by atoms with E-state index in [1.54, 1.807) is 0 Å². The molecule has 0 aromatic heterocycles. The van der Waals surface area contributed by atoms with Crippen molar-refractivity contribution in [2.75, 3.05) is 6.61 Å². The SMILES string of the molecule is CCOC(CC)(CC)C(O)CCCC(F)(F)F. The first-order chi connectivity index (χ1) is 7.81. The van der Waals surface area contributed by atoms with E-state index in [1.165, 1.54) is 0 Å². The van der Waals surface area contributed by atoms with Crippen molar-refractivity contribution >= 4 is 0 Å². The van der Waals surface area contributed by atoms with Crippen LogP contribution in [-0.4, -0.2) is 29.6 Å². The lowest BCUT2D eigenvalue weighted by Crippen LogP contribution is -2.44. The van der Waals surface area contributed by atoms with Crippen molar-refractivity contribution in [2.45, 2.75) is 70.8 Å². The first kappa shape index (κ1) is 16.7. The molecule has 0 saturated heterocycles. The first-order valence-corrected chi connectivity index (χ1v) is 6.20. The Labute approximate surface area is 101 Å². The van der Waals surface area contributed by atoms with Crippen LogP contribution in [0.5, 0.6) is 0 Å². The summed E-state index contributed by atoms with van der Waals surface area (Å²) in [6.07, 6.45) is -4.55. The second kappa shape index (κ2) is 7.21. The minimum absolute atomic E-state index is 0.0561. The van der Waals surface area contributed by atoms with E-state index < -0.39 is 24.3 Å². The van der Waals surface area contributed by atoms with Crippen LogP contribution in [0.4, 0.5) is 13.2 Å². The van der Waals surface area contributed by atoms with Crippen LogP contribution in [0.1, 0.15) is 52.9 Å². The summed E-state index contributed by atoms with van der Waals surface area (Å²) in [4.78, 5) is 0. The average Bonchev–Trinajstić information content (AvgIpc) is 2.24. The molecule has 17 heavy (non-hydrogen) atoms. The summed E-state index contributed by atoms with van der Waals surface area (Å²) in [5, 5.41) is 10.00. The summed E-state index contributed by atoms with van der Waals surface area (Å²) < 4.78 is 41.5. The van der Waals surface area contributed by atoms with Crippen LogP contribution >= 0.6 is 0 Å². The molecule has 2 nitrogen and oxygen atoms in total. The summed E-state index contributed by atoms with van der Waals surface area (Å²) >= 11 is 0. The minimum atomic E-state index is -4.15. The van der Waals surface area contributed by atoms with Crippen molar-refractivity contribution < 1.29 is 23.0 Å². The summed E-state index contributed by atoms with van der Waals surface area (Å²) in [6.45, 7) is 6.04. The largest absolute Gasteiger partial charge is 0.390 e. The van der Waals surface area contributed by atoms with Gasteiger partial charge in [0.05, 0.1) is 11.7 Å².